The van der Waals surface area contributed by atoms with E-state index < -0.39 is 6.43 Å². The average Bonchev–Trinajstić information content (AvgIpc) is 2.90. The van der Waals surface area contributed by atoms with Gasteiger partial charge in [0.25, 0.3) is 6.43 Å². The van der Waals surface area contributed by atoms with Crippen LogP contribution in [0.5, 0.6) is 11.5 Å². The SMILES string of the molecule is COc1ccc(C2CCNN2)c(C(F)F)c1OC. The van der Waals surface area contributed by atoms with Crippen molar-refractivity contribution in [2.24, 2.45) is 0 Å². The molecule has 0 radical (unpaired) electrons. The normalized spacial score (nSPS) is 19.3. The standard InChI is InChI=1S/C12H16F2N2O2/c1-17-9-4-3-7(8-5-6-15-16-8)10(12(13)14)11(9)18-2/h3-4,8,12,15-16H,5-6H2,1-2H3. The maximum absolute atomic E-state index is 13.3. The Morgan fingerprint density at radius 2 is 2.06 bits per heavy atom. The predicted molar refractivity (Wildman–Crippen MR) is 63.0 cm³/mol. The largest absolute Gasteiger partial charge is 0.493 e. The number of alkyl halides is 2. The van der Waals surface area contributed by atoms with E-state index in [9.17, 15) is 8.78 Å². The quantitative estimate of drug-likeness (QED) is 0.868. The van der Waals surface area contributed by atoms with Crippen LogP contribution < -0.4 is 20.3 Å². The molecule has 1 atom stereocenters. The number of benzene rings is 1. The van der Waals surface area contributed by atoms with Crippen molar-refractivity contribution in [2.45, 2.75) is 18.9 Å². The van der Waals surface area contributed by atoms with Gasteiger partial charge in [-0.15, -0.1) is 0 Å². The Morgan fingerprint density at radius 3 is 2.56 bits per heavy atom. The number of halogens is 2. The Bertz CT molecular complexity index is 421. The lowest BCUT2D eigenvalue weighted by molar-refractivity contribution is 0.144. The summed E-state index contributed by atoms with van der Waals surface area (Å²) in [5.74, 6) is 0.432. The summed E-state index contributed by atoms with van der Waals surface area (Å²) >= 11 is 0. The molecule has 2 N–H and O–H groups in total. The van der Waals surface area contributed by atoms with Crippen molar-refractivity contribution in [3.8, 4) is 11.5 Å². The lowest BCUT2D eigenvalue weighted by atomic mass is 9.98. The zero-order valence-electron chi connectivity index (χ0n) is 10.3. The minimum absolute atomic E-state index is 0.0990. The van der Waals surface area contributed by atoms with Crippen molar-refractivity contribution in [3.05, 3.63) is 23.3 Å². The highest BCUT2D eigenvalue weighted by atomic mass is 19.3. The van der Waals surface area contributed by atoms with Gasteiger partial charge in [-0.05, 0) is 18.1 Å². The van der Waals surface area contributed by atoms with Gasteiger partial charge in [-0.3, -0.25) is 10.9 Å². The van der Waals surface area contributed by atoms with Gasteiger partial charge >= 0.3 is 0 Å². The fourth-order valence-electron chi connectivity index (χ4n) is 2.21. The van der Waals surface area contributed by atoms with Gasteiger partial charge in [-0.2, -0.15) is 0 Å². The number of ether oxygens (including phenoxy) is 2. The summed E-state index contributed by atoms with van der Waals surface area (Å²) in [6.07, 6.45) is -1.85. The smallest absolute Gasteiger partial charge is 0.267 e. The van der Waals surface area contributed by atoms with E-state index in [-0.39, 0.29) is 17.4 Å². The van der Waals surface area contributed by atoms with Crippen LogP contribution in [0.2, 0.25) is 0 Å². The number of hydrogen-bond acceptors (Lipinski definition) is 4. The van der Waals surface area contributed by atoms with Gasteiger partial charge < -0.3 is 9.47 Å². The fourth-order valence-corrected chi connectivity index (χ4v) is 2.21. The van der Waals surface area contributed by atoms with E-state index in [2.05, 4.69) is 10.9 Å². The molecule has 0 aliphatic carbocycles. The van der Waals surface area contributed by atoms with Crippen molar-refractivity contribution in [1.82, 2.24) is 10.9 Å². The van der Waals surface area contributed by atoms with Crippen molar-refractivity contribution in [3.63, 3.8) is 0 Å². The summed E-state index contributed by atoms with van der Waals surface area (Å²) in [6.45, 7) is 0.752. The van der Waals surface area contributed by atoms with Crippen molar-refractivity contribution >= 4 is 0 Å². The van der Waals surface area contributed by atoms with Crippen molar-refractivity contribution in [1.29, 1.82) is 0 Å². The number of nitrogens with one attached hydrogen (secondary N) is 2. The van der Waals surface area contributed by atoms with Crippen LogP contribution in [0.4, 0.5) is 8.78 Å². The molecule has 18 heavy (non-hydrogen) atoms. The van der Waals surface area contributed by atoms with E-state index >= 15 is 0 Å². The molecular weight excluding hydrogens is 242 g/mol. The minimum Gasteiger partial charge on any atom is -0.493 e. The first-order valence-corrected chi connectivity index (χ1v) is 5.70. The molecule has 0 aromatic heterocycles. The van der Waals surface area contributed by atoms with E-state index in [0.29, 0.717) is 11.3 Å². The first kappa shape index (κ1) is 13.0. The molecule has 6 heteroatoms. The molecule has 1 aliphatic rings. The second-order valence-electron chi connectivity index (χ2n) is 4.02. The Hall–Kier alpha value is -1.40. The molecule has 100 valence electrons. The van der Waals surface area contributed by atoms with E-state index in [4.69, 9.17) is 9.47 Å². The third-order valence-electron chi connectivity index (χ3n) is 3.05. The van der Waals surface area contributed by atoms with E-state index in [0.717, 1.165) is 13.0 Å². The Labute approximate surface area is 104 Å². The van der Waals surface area contributed by atoms with Gasteiger partial charge in [-0.25, -0.2) is 8.78 Å². The third kappa shape index (κ3) is 2.26. The maximum atomic E-state index is 13.3. The van der Waals surface area contributed by atoms with Crippen LogP contribution in [-0.2, 0) is 0 Å². The summed E-state index contributed by atoms with van der Waals surface area (Å²) in [5, 5.41) is 0. The Balaban J connectivity index is 2.51. The molecule has 1 aromatic carbocycles. The zero-order chi connectivity index (χ0) is 13.1. The molecule has 1 unspecified atom stereocenters. The Morgan fingerprint density at radius 1 is 1.28 bits per heavy atom. The van der Waals surface area contributed by atoms with Gasteiger partial charge in [0.2, 0.25) is 0 Å². The summed E-state index contributed by atoms with van der Waals surface area (Å²) in [4.78, 5) is 0. The highest BCUT2D eigenvalue weighted by molar-refractivity contribution is 5.52. The van der Waals surface area contributed by atoms with Gasteiger partial charge in [0.1, 0.15) is 0 Å². The van der Waals surface area contributed by atoms with Crippen LogP contribution in [-0.4, -0.2) is 20.8 Å². The minimum atomic E-state index is -2.60. The molecule has 0 bridgehead atoms. The third-order valence-corrected chi connectivity index (χ3v) is 3.05. The molecule has 1 heterocycles. The van der Waals surface area contributed by atoms with Crippen LogP contribution in [0, 0.1) is 0 Å². The van der Waals surface area contributed by atoms with E-state index in [1.807, 2.05) is 0 Å². The highest BCUT2D eigenvalue weighted by Crippen LogP contribution is 2.42. The molecule has 0 saturated carbocycles. The second-order valence-corrected chi connectivity index (χ2v) is 4.02. The van der Waals surface area contributed by atoms with Gasteiger partial charge in [0.15, 0.2) is 11.5 Å². The second kappa shape index (κ2) is 5.49. The monoisotopic (exact) mass is 258 g/mol. The lowest BCUT2D eigenvalue weighted by Crippen LogP contribution is -2.25. The molecular formula is C12H16F2N2O2. The van der Waals surface area contributed by atoms with Crippen LogP contribution in [0.1, 0.15) is 30.0 Å². The van der Waals surface area contributed by atoms with Gasteiger partial charge in [0, 0.05) is 12.6 Å². The van der Waals surface area contributed by atoms with Crippen LogP contribution in [0.15, 0.2) is 12.1 Å². The molecule has 2 rings (SSSR count). The lowest BCUT2D eigenvalue weighted by Gasteiger charge is -2.19. The first-order valence-electron chi connectivity index (χ1n) is 5.70. The summed E-state index contributed by atoms with van der Waals surface area (Å²) in [7, 11) is 2.80. The molecule has 1 saturated heterocycles. The summed E-state index contributed by atoms with van der Waals surface area (Å²) in [6, 6.07) is 3.18. The van der Waals surface area contributed by atoms with Crippen molar-refractivity contribution in [2.75, 3.05) is 20.8 Å². The number of hydrogen-bond donors (Lipinski definition) is 2. The average molecular weight is 258 g/mol. The fraction of sp³-hybridized carbons (Fsp3) is 0.500. The topological polar surface area (TPSA) is 42.5 Å². The highest BCUT2D eigenvalue weighted by Gasteiger charge is 2.28. The van der Waals surface area contributed by atoms with Crippen LogP contribution in [0.3, 0.4) is 0 Å². The number of rotatable bonds is 4. The predicted octanol–water partition coefficient (Wildman–Crippen LogP) is 2.18. The number of hydrazine groups is 1. The molecule has 0 amide bonds. The van der Waals surface area contributed by atoms with Gasteiger partial charge in [0.05, 0.1) is 19.8 Å². The maximum Gasteiger partial charge on any atom is 0.267 e. The Kier molecular flexibility index (Phi) is 3.98. The van der Waals surface area contributed by atoms with Crippen LogP contribution >= 0.6 is 0 Å². The summed E-state index contributed by atoms with van der Waals surface area (Å²) < 4.78 is 36.6. The van der Waals surface area contributed by atoms with Gasteiger partial charge in [-0.1, -0.05) is 6.07 Å². The van der Waals surface area contributed by atoms with Crippen LogP contribution in [0.25, 0.3) is 0 Å². The van der Waals surface area contributed by atoms with Crippen molar-refractivity contribution < 1.29 is 18.3 Å². The molecule has 1 aliphatic heterocycles. The zero-order valence-corrected chi connectivity index (χ0v) is 10.3. The molecule has 1 aromatic rings. The molecule has 1 fully saturated rings. The first-order chi connectivity index (χ1) is 8.69. The summed E-state index contributed by atoms with van der Waals surface area (Å²) in [5.41, 5.74) is 6.36. The molecule has 4 nitrogen and oxygen atoms in total. The molecule has 0 spiro atoms. The van der Waals surface area contributed by atoms with E-state index in [1.54, 1.807) is 12.1 Å². The number of methoxy groups -OCH3 is 2. The van der Waals surface area contributed by atoms with E-state index in [1.165, 1.54) is 14.2 Å².